The van der Waals surface area contributed by atoms with Crippen LogP contribution in [-0.2, 0) is 10.1 Å². The first kappa shape index (κ1) is 33.1. The quantitative estimate of drug-likeness (QED) is 0.124. The number of halogens is 14. The summed E-state index contributed by atoms with van der Waals surface area (Å²) in [5.41, 5.74) is -0.504. The molecule has 0 aliphatic heterocycles. The third-order valence-electron chi connectivity index (χ3n) is 4.87. The van der Waals surface area contributed by atoms with Crippen LogP contribution in [-0.4, -0.2) is 13.0 Å². The molecule has 0 aliphatic rings. The minimum absolute atomic E-state index is 0.128. The maximum absolute atomic E-state index is 12.0. The van der Waals surface area contributed by atoms with Crippen molar-refractivity contribution in [1.29, 1.82) is 0 Å². The Morgan fingerprint density at radius 1 is 0.378 bits per heavy atom. The highest BCUT2D eigenvalue weighted by molar-refractivity contribution is 7.86. The van der Waals surface area contributed by atoms with E-state index >= 15 is 0 Å². The van der Waals surface area contributed by atoms with Crippen molar-refractivity contribution in [2.45, 2.75) is 10.8 Å². The molecule has 0 bridgehead atoms. The summed E-state index contributed by atoms with van der Waals surface area (Å²) in [5.74, 6) is -1.48. The van der Waals surface area contributed by atoms with Crippen LogP contribution in [0.15, 0.2) is 4.90 Å². The van der Waals surface area contributed by atoms with E-state index in [1.807, 2.05) is 0 Å². The number of benzene rings is 3. The van der Waals surface area contributed by atoms with Crippen LogP contribution in [0.2, 0.25) is 70.3 Å². The van der Waals surface area contributed by atoms with Crippen LogP contribution in [0.5, 0.6) is 0 Å². The number of hydrogen-bond acceptors (Lipinski definition) is 2. The van der Waals surface area contributed by atoms with Gasteiger partial charge in [0, 0.05) is 22.6 Å². The third-order valence-corrected chi connectivity index (χ3v) is 12.4. The van der Waals surface area contributed by atoms with Crippen LogP contribution in [0.3, 0.4) is 0 Å². The lowest BCUT2D eigenvalue weighted by molar-refractivity contribution is 0.483. The lowest BCUT2D eigenvalue weighted by Crippen LogP contribution is -2.12. The molecule has 0 atom stereocenters. The normalized spacial score (nSPS) is 12.1. The zero-order chi connectivity index (χ0) is 28.5. The van der Waals surface area contributed by atoms with Crippen molar-refractivity contribution in [3.05, 3.63) is 87.0 Å². The highest BCUT2D eigenvalue weighted by Gasteiger charge is 2.38. The van der Waals surface area contributed by atoms with Gasteiger partial charge < -0.3 is 0 Å². The minimum Gasteiger partial charge on any atom is -0.282 e. The van der Waals surface area contributed by atoms with Crippen molar-refractivity contribution < 1.29 is 13.0 Å². The maximum Gasteiger partial charge on any atom is 0.297 e. The summed E-state index contributed by atoms with van der Waals surface area (Å²) in [6.07, 6.45) is 0. The van der Waals surface area contributed by atoms with Crippen LogP contribution in [0, 0.1) is 0 Å². The van der Waals surface area contributed by atoms with Crippen molar-refractivity contribution in [2.75, 3.05) is 0 Å². The van der Waals surface area contributed by atoms with E-state index in [0.717, 1.165) is 0 Å². The van der Waals surface area contributed by atoms with Gasteiger partial charge in [-0.15, -0.1) is 0 Å². The van der Waals surface area contributed by atoms with Gasteiger partial charge >= 0.3 is 0 Å². The van der Waals surface area contributed by atoms with Crippen LogP contribution >= 0.6 is 162 Å². The standard InChI is InChI=1S/C19H2Cl14O3S/c20-5-2(6(21)12(27)15(30)11(5)26)1(3-7(22)13(28)16(31)14(29)8(3)23)4-9(24)17(32)19(37(34,35)36)18(33)10(4)25/h1H,(H,34,35,36). The highest BCUT2D eigenvalue weighted by Crippen LogP contribution is 2.58. The Morgan fingerprint density at radius 3 is 0.784 bits per heavy atom. The molecule has 200 valence electrons. The molecule has 1 N–H and O–H groups in total. The lowest BCUT2D eigenvalue weighted by Gasteiger charge is -2.28. The van der Waals surface area contributed by atoms with Crippen molar-refractivity contribution in [3.8, 4) is 0 Å². The Balaban J connectivity index is 2.71. The van der Waals surface area contributed by atoms with E-state index in [2.05, 4.69) is 0 Å². The van der Waals surface area contributed by atoms with Gasteiger partial charge in [0.05, 0.1) is 70.3 Å². The Hall–Kier alpha value is 1.63. The van der Waals surface area contributed by atoms with Gasteiger partial charge in [0.2, 0.25) is 0 Å². The summed E-state index contributed by atoms with van der Waals surface area (Å²) in [6, 6.07) is 0. The summed E-state index contributed by atoms with van der Waals surface area (Å²) in [4.78, 5) is -0.970. The van der Waals surface area contributed by atoms with Crippen LogP contribution < -0.4 is 0 Å². The Kier molecular flexibility index (Phi) is 10.8. The predicted molar refractivity (Wildman–Crippen MR) is 160 cm³/mol. The molecule has 3 aromatic rings. The van der Waals surface area contributed by atoms with Crippen molar-refractivity contribution in [3.63, 3.8) is 0 Å². The van der Waals surface area contributed by atoms with Crippen LogP contribution in [0.25, 0.3) is 0 Å². The first-order valence-corrected chi connectivity index (χ1v) is 15.5. The van der Waals surface area contributed by atoms with E-state index < -0.39 is 41.0 Å². The van der Waals surface area contributed by atoms with Gasteiger partial charge in [-0.3, -0.25) is 4.55 Å². The Morgan fingerprint density at radius 2 is 0.568 bits per heavy atom. The Bertz CT molecular complexity index is 1450. The molecule has 0 aliphatic carbocycles. The average molecular weight is 807 g/mol. The predicted octanol–water partition coefficient (Wildman–Crippen LogP) is 13.3. The Labute approximate surface area is 280 Å². The zero-order valence-corrected chi connectivity index (χ0v) is 27.9. The fourth-order valence-corrected chi connectivity index (χ4v) is 8.47. The molecule has 3 nitrogen and oxygen atoms in total. The zero-order valence-electron chi connectivity index (χ0n) is 16.5. The van der Waals surface area contributed by atoms with E-state index in [9.17, 15) is 13.0 Å². The van der Waals surface area contributed by atoms with Crippen LogP contribution in [0.1, 0.15) is 22.6 Å². The first-order chi connectivity index (χ1) is 16.9. The first-order valence-electron chi connectivity index (χ1n) is 8.73. The minimum atomic E-state index is -5.01. The van der Waals surface area contributed by atoms with Gasteiger partial charge in [-0.1, -0.05) is 162 Å². The summed E-state index contributed by atoms with van der Waals surface area (Å²) < 4.78 is 33.6. The lowest BCUT2D eigenvalue weighted by atomic mass is 9.84. The fourth-order valence-electron chi connectivity index (χ4n) is 3.29. The van der Waals surface area contributed by atoms with Crippen molar-refractivity contribution in [2.24, 2.45) is 0 Å². The molecular weight excluding hydrogens is 805 g/mol. The molecule has 0 unspecified atom stereocenters. The summed E-state index contributed by atoms with van der Waals surface area (Å²) in [5, 5.41) is -4.90. The summed E-state index contributed by atoms with van der Waals surface area (Å²) in [7, 11) is -5.01. The van der Waals surface area contributed by atoms with E-state index in [0.29, 0.717) is 0 Å². The number of hydrogen-bond donors (Lipinski definition) is 1. The van der Waals surface area contributed by atoms with E-state index in [-0.39, 0.29) is 66.9 Å². The average Bonchev–Trinajstić information content (AvgIpc) is 2.81. The molecule has 0 saturated carbocycles. The van der Waals surface area contributed by atoms with Gasteiger partial charge in [-0.25, -0.2) is 0 Å². The van der Waals surface area contributed by atoms with Crippen LogP contribution in [0.4, 0.5) is 0 Å². The highest BCUT2D eigenvalue weighted by atomic mass is 35.5. The van der Waals surface area contributed by atoms with Crippen molar-refractivity contribution in [1.82, 2.24) is 0 Å². The maximum atomic E-state index is 12.0. The SMILES string of the molecule is O=S(=O)(O)c1c(Cl)c(Cl)c(C(c2c(Cl)c(Cl)c(Cl)c(Cl)c2Cl)c2c(Cl)c(Cl)c(Cl)c(Cl)c2Cl)c(Cl)c1Cl. The smallest absolute Gasteiger partial charge is 0.282 e. The van der Waals surface area contributed by atoms with Gasteiger partial charge in [-0.2, -0.15) is 8.42 Å². The third kappa shape index (κ3) is 5.69. The molecule has 0 saturated heterocycles. The molecule has 37 heavy (non-hydrogen) atoms. The second-order valence-corrected chi connectivity index (χ2v) is 13.5. The molecule has 0 fully saturated rings. The molecule has 0 heterocycles. The fraction of sp³-hybridized carbons (Fsp3) is 0.0526. The van der Waals surface area contributed by atoms with Gasteiger partial charge in [0.1, 0.15) is 4.90 Å². The molecule has 0 spiro atoms. The molecule has 0 amide bonds. The molecular formula is C19H2Cl14O3S. The molecule has 3 aromatic carbocycles. The summed E-state index contributed by atoms with van der Waals surface area (Å²) in [6.45, 7) is 0. The molecule has 18 heteroatoms. The summed E-state index contributed by atoms with van der Waals surface area (Å²) >= 11 is 89.1. The van der Waals surface area contributed by atoms with E-state index in [4.69, 9.17) is 162 Å². The monoisotopic (exact) mass is 800 g/mol. The van der Waals surface area contributed by atoms with Gasteiger partial charge in [-0.05, 0) is 0 Å². The van der Waals surface area contributed by atoms with Gasteiger partial charge in [0.15, 0.2) is 0 Å². The largest absolute Gasteiger partial charge is 0.297 e. The van der Waals surface area contributed by atoms with Crippen molar-refractivity contribution >= 4 is 173 Å². The van der Waals surface area contributed by atoms with E-state index in [1.54, 1.807) is 0 Å². The van der Waals surface area contributed by atoms with Gasteiger partial charge in [0.25, 0.3) is 10.1 Å². The molecule has 0 aromatic heterocycles. The topological polar surface area (TPSA) is 54.4 Å². The number of rotatable bonds is 4. The molecule has 3 rings (SSSR count). The second-order valence-electron chi connectivity index (χ2n) is 6.87. The molecule has 0 radical (unpaired) electrons. The second kappa shape index (κ2) is 12.1. The van der Waals surface area contributed by atoms with E-state index in [1.165, 1.54) is 0 Å².